The molecule has 0 saturated heterocycles. The van der Waals surface area contributed by atoms with E-state index in [0.29, 0.717) is 11.6 Å². The Morgan fingerprint density at radius 2 is 2.00 bits per heavy atom. The SMILES string of the molecule is C=C1C(C)(C)[C@H]2CC[C@]1(C(=O)Nc1ccc([N+](=O)[O-])cc1)C2. The second-order valence-electron chi connectivity index (χ2n) is 6.98. The molecule has 2 fully saturated rings. The second-order valence-corrected chi connectivity index (χ2v) is 6.98. The van der Waals surface area contributed by atoms with E-state index in [4.69, 9.17) is 0 Å². The molecule has 0 aromatic heterocycles. The van der Waals surface area contributed by atoms with E-state index in [1.54, 1.807) is 12.1 Å². The molecular formula is C17H20N2O3. The maximum absolute atomic E-state index is 12.8. The minimum atomic E-state index is -0.476. The number of benzene rings is 1. The average molecular weight is 300 g/mol. The third-order valence-corrected chi connectivity index (χ3v) is 5.66. The molecule has 1 aromatic rings. The van der Waals surface area contributed by atoms with Gasteiger partial charge in [0, 0.05) is 17.8 Å². The molecule has 1 amide bonds. The lowest BCUT2D eigenvalue weighted by atomic mass is 9.68. The Balaban J connectivity index is 1.80. The number of nitrogens with zero attached hydrogens (tertiary/aromatic N) is 1. The fourth-order valence-electron chi connectivity index (χ4n) is 4.06. The lowest BCUT2D eigenvalue weighted by molar-refractivity contribution is -0.384. The van der Waals surface area contributed by atoms with Crippen molar-refractivity contribution in [1.29, 1.82) is 0 Å². The van der Waals surface area contributed by atoms with Crippen LogP contribution in [0.25, 0.3) is 0 Å². The van der Waals surface area contributed by atoms with Gasteiger partial charge in [0.2, 0.25) is 5.91 Å². The van der Waals surface area contributed by atoms with Gasteiger partial charge in [-0.1, -0.05) is 26.0 Å². The molecule has 1 aromatic carbocycles. The van der Waals surface area contributed by atoms with Crippen LogP contribution in [0.15, 0.2) is 36.4 Å². The van der Waals surface area contributed by atoms with Crippen LogP contribution < -0.4 is 5.32 Å². The number of non-ortho nitro benzene ring substituents is 1. The van der Waals surface area contributed by atoms with Crippen molar-refractivity contribution in [2.45, 2.75) is 33.1 Å². The molecule has 116 valence electrons. The number of nitrogens with one attached hydrogen (secondary N) is 1. The van der Waals surface area contributed by atoms with Crippen molar-refractivity contribution in [1.82, 2.24) is 0 Å². The lowest BCUT2D eigenvalue weighted by Crippen LogP contribution is -2.37. The van der Waals surface area contributed by atoms with Crippen molar-refractivity contribution in [3.05, 3.63) is 46.5 Å². The molecule has 0 unspecified atom stereocenters. The molecule has 0 spiro atoms. The Morgan fingerprint density at radius 1 is 1.36 bits per heavy atom. The van der Waals surface area contributed by atoms with Gasteiger partial charge in [-0.05, 0) is 42.7 Å². The van der Waals surface area contributed by atoms with Gasteiger partial charge in [0.05, 0.1) is 10.3 Å². The van der Waals surface area contributed by atoms with E-state index in [1.165, 1.54) is 12.1 Å². The van der Waals surface area contributed by atoms with Crippen LogP contribution in [0.2, 0.25) is 0 Å². The zero-order chi connectivity index (χ0) is 16.1. The fraction of sp³-hybridized carbons (Fsp3) is 0.471. The summed E-state index contributed by atoms with van der Waals surface area (Å²) in [7, 11) is 0. The molecule has 0 radical (unpaired) electrons. The van der Waals surface area contributed by atoms with Crippen LogP contribution in [0, 0.1) is 26.9 Å². The highest BCUT2D eigenvalue weighted by Crippen LogP contribution is 2.65. The van der Waals surface area contributed by atoms with Gasteiger partial charge in [0.25, 0.3) is 5.69 Å². The van der Waals surface area contributed by atoms with Crippen molar-refractivity contribution in [2.24, 2.45) is 16.7 Å². The molecule has 3 rings (SSSR count). The average Bonchev–Trinajstić information content (AvgIpc) is 3.00. The summed E-state index contributed by atoms with van der Waals surface area (Å²) in [6, 6.07) is 5.94. The summed E-state index contributed by atoms with van der Waals surface area (Å²) in [6.07, 6.45) is 2.76. The van der Waals surface area contributed by atoms with Gasteiger partial charge in [-0.25, -0.2) is 0 Å². The van der Waals surface area contributed by atoms with Gasteiger partial charge in [0.1, 0.15) is 0 Å². The molecule has 0 heterocycles. The number of hydrogen-bond acceptors (Lipinski definition) is 3. The van der Waals surface area contributed by atoms with E-state index in [0.717, 1.165) is 24.8 Å². The first-order valence-corrected chi connectivity index (χ1v) is 7.53. The highest BCUT2D eigenvalue weighted by Gasteiger charge is 2.60. The standard InChI is InChI=1S/C17H20N2O3/c1-11-16(2,3)12-8-9-17(11,10-12)15(20)18-13-4-6-14(7-5-13)19(21)22/h4-7,12H,1,8-10H2,2-3H3,(H,18,20)/t12-,17-/m0/s1. The number of fused-ring (bicyclic) bond motifs is 2. The number of anilines is 1. The third kappa shape index (κ3) is 1.95. The molecule has 5 heteroatoms. The van der Waals surface area contributed by atoms with E-state index < -0.39 is 10.3 Å². The van der Waals surface area contributed by atoms with Crippen LogP contribution in [0.3, 0.4) is 0 Å². The second kappa shape index (κ2) is 4.66. The lowest BCUT2D eigenvalue weighted by Gasteiger charge is -2.37. The highest BCUT2D eigenvalue weighted by atomic mass is 16.6. The molecular weight excluding hydrogens is 280 g/mol. The first-order valence-electron chi connectivity index (χ1n) is 7.53. The first kappa shape index (κ1) is 14.8. The Hall–Kier alpha value is -2.17. The summed E-state index contributed by atoms with van der Waals surface area (Å²) >= 11 is 0. The maximum Gasteiger partial charge on any atom is 0.269 e. The Morgan fingerprint density at radius 3 is 2.50 bits per heavy atom. The predicted molar refractivity (Wildman–Crippen MR) is 84.4 cm³/mol. The number of nitro benzene ring substituents is 1. The van der Waals surface area contributed by atoms with Crippen LogP contribution in [0.1, 0.15) is 33.1 Å². The Kier molecular flexibility index (Phi) is 3.13. The van der Waals surface area contributed by atoms with Crippen LogP contribution >= 0.6 is 0 Å². The summed E-state index contributed by atoms with van der Waals surface area (Å²) in [5.41, 5.74) is 1.16. The molecule has 2 saturated carbocycles. The van der Waals surface area contributed by atoms with Gasteiger partial charge >= 0.3 is 0 Å². The largest absolute Gasteiger partial charge is 0.325 e. The van der Waals surface area contributed by atoms with E-state index >= 15 is 0 Å². The van der Waals surface area contributed by atoms with E-state index in [-0.39, 0.29) is 17.0 Å². The zero-order valence-corrected chi connectivity index (χ0v) is 12.9. The molecule has 0 aliphatic heterocycles. The molecule has 2 atom stereocenters. The summed E-state index contributed by atoms with van der Waals surface area (Å²) < 4.78 is 0. The number of carbonyl (C=O) groups is 1. The van der Waals surface area contributed by atoms with Crippen molar-refractivity contribution in [2.75, 3.05) is 5.32 Å². The summed E-state index contributed by atoms with van der Waals surface area (Å²) in [4.78, 5) is 23.0. The quantitative estimate of drug-likeness (QED) is 0.522. The van der Waals surface area contributed by atoms with E-state index in [9.17, 15) is 14.9 Å². The summed E-state index contributed by atoms with van der Waals surface area (Å²) in [6.45, 7) is 8.55. The highest BCUT2D eigenvalue weighted by molar-refractivity contribution is 5.98. The number of hydrogen-bond donors (Lipinski definition) is 1. The molecule has 2 aliphatic rings. The maximum atomic E-state index is 12.8. The first-order chi connectivity index (χ1) is 10.3. The van der Waals surface area contributed by atoms with Gasteiger partial charge in [0.15, 0.2) is 0 Å². The smallest absolute Gasteiger partial charge is 0.269 e. The van der Waals surface area contributed by atoms with E-state index in [2.05, 4.69) is 25.7 Å². The van der Waals surface area contributed by atoms with Crippen molar-refractivity contribution in [3.8, 4) is 0 Å². The monoisotopic (exact) mass is 300 g/mol. The van der Waals surface area contributed by atoms with Gasteiger partial charge in [-0.3, -0.25) is 14.9 Å². The number of nitro groups is 1. The van der Waals surface area contributed by atoms with Crippen LogP contribution in [-0.2, 0) is 4.79 Å². The van der Waals surface area contributed by atoms with Crippen molar-refractivity contribution in [3.63, 3.8) is 0 Å². The third-order valence-electron chi connectivity index (χ3n) is 5.66. The summed E-state index contributed by atoms with van der Waals surface area (Å²) in [5, 5.41) is 13.6. The van der Waals surface area contributed by atoms with Gasteiger partial charge < -0.3 is 5.32 Å². The predicted octanol–water partition coefficient (Wildman–Crippen LogP) is 3.92. The summed E-state index contributed by atoms with van der Waals surface area (Å²) in [5.74, 6) is 0.488. The molecule has 2 aliphatic carbocycles. The van der Waals surface area contributed by atoms with Crippen molar-refractivity contribution < 1.29 is 9.72 Å². The zero-order valence-electron chi connectivity index (χ0n) is 12.9. The number of rotatable bonds is 3. The topological polar surface area (TPSA) is 72.2 Å². The molecule has 22 heavy (non-hydrogen) atoms. The number of amides is 1. The molecule has 1 N–H and O–H groups in total. The fourth-order valence-corrected chi connectivity index (χ4v) is 4.06. The molecule has 2 bridgehead atoms. The van der Waals surface area contributed by atoms with Crippen LogP contribution in [-0.4, -0.2) is 10.8 Å². The van der Waals surface area contributed by atoms with E-state index in [1.807, 2.05) is 0 Å². The van der Waals surface area contributed by atoms with Gasteiger partial charge in [-0.15, -0.1) is 0 Å². The molecule has 5 nitrogen and oxygen atoms in total. The van der Waals surface area contributed by atoms with Crippen molar-refractivity contribution >= 4 is 17.3 Å². The minimum absolute atomic E-state index is 0.00502. The Bertz CT molecular complexity index is 663. The Labute approximate surface area is 129 Å². The number of carbonyl (C=O) groups excluding carboxylic acids is 1. The van der Waals surface area contributed by atoms with Gasteiger partial charge in [-0.2, -0.15) is 0 Å². The van der Waals surface area contributed by atoms with Crippen LogP contribution in [0.4, 0.5) is 11.4 Å². The minimum Gasteiger partial charge on any atom is -0.325 e. The normalized spacial score (nSPS) is 28.6. The van der Waals surface area contributed by atoms with Crippen LogP contribution in [0.5, 0.6) is 0 Å².